The zero-order valence-electron chi connectivity index (χ0n) is 14.2. The third kappa shape index (κ3) is 4.73. The number of anilines is 1. The highest BCUT2D eigenvalue weighted by molar-refractivity contribution is 5.88. The second-order valence-electron chi connectivity index (χ2n) is 5.67. The maximum Gasteiger partial charge on any atom is 0.243 e. The molecular formula is C18H18N6O2. The molecule has 0 saturated heterocycles. The van der Waals surface area contributed by atoms with E-state index in [-0.39, 0.29) is 18.4 Å². The fraction of sp³-hybridized carbons (Fsp3) is 0.167. The summed E-state index contributed by atoms with van der Waals surface area (Å²) in [5.41, 5.74) is 2.41. The van der Waals surface area contributed by atoms with Crippen molar-refractivity contribution >= 4 is 17.5 Å². The Morgan fingerprint density at radius 3 is 2.65 bits per heavy atom. The van der Waals surface area contributed by atoms with Crippen LogP contribution in [0, 0.1) is 0 Å². The number of carbonyl (C=O) groups is 2. The Labute approximate surface area is 150 Å². The number of nitrogens with one attached hydrogen (secondary N) is 2. The minimum Gasteiger partial charge on any atom is -0.350 e. The van der Waals surface area contributed by atoms with Crippen LogP contribution in [0.3, 0.4) is 0 Å². The van der Waals surface area contributed by atoms with Crippen molar-refractivity contribution in [3.05, 3.63) is 60.2 Å². The molecule has 0 aliphatic heterocycles. The Bertz CT molecular complexity index is 907. The quantitative estimate of drug-likeness (QED) is 0.703. The Kier molecular flexibility index (Phi) is 5.33. The molecule has 0 spiro atoms. The number of hydrogen-bond acceptors (Lipinski definition) is 5. The molecular weight excluding hydrogens is 332 g/mol. The molecule has 0 aliphatic rings. The van der Waals surface area contributed by atoms with Crippen LogP contribution in [-0.4, -0.2) is 32.0 Å². The van der Waals surface area contributed by atoms with E-state index in [0.29, 0.717) is 18.1 Å². The molecule has 2 N–H and O–H groups in total. The van der Waals surface area contributed by atoms with Gasteiger partial charge in [-0.1, -0.05) is 42.5 Å². The summed E-state index contributed by atoms with van der Waals surface area (Å²) in [6, 6.07) is 16.7. The smallest absolute Gasteiger partial charge is 0.243 e. The predicted molar refractivity (Wildman–Crippen MR) is 95.8 cm³/mol. The van der Waals surface area contributed by atoms with E-state index in [1.54, 1.807) is 6.07 Å². The molecule has 0 fully saturated rings. The number of benzene rings is 2. The largest absolute Gasteiger partial charge is 0.350 e. The van der Waals surface area contributed by atoms with Crippen molar-refractivity contribution in [3.63, 3.8) is 0 Å². The molecule has 132 valence electrons. The van der Waals surface area contributed by atoms with Gasteiger partial charge >= 0.3 is 0 Å². The van der Waals surface area contributed by atoms with Crippen LogP contribution in [0.2, 0.25) is 0 Å². The first-order valence-corrected chi connectivity index (χ1v) is 8.06. The van der Waals surface area contributed by atoms with E-state index in [1.807, 2.05) is 48.5 Å². The zero-order valence-corrected chi connectivity index (χ0v) is 14.2. The van der Waals surface area contributed by atoms with Gasteiger partial charge in [-0.2, -0.15) is 4.80 Å². The van der Waals surface area contributed by atoms with Crippen LogP contribution >= 0.6 is 0 Å². The highest BCUT2D eigenvalue weighted by Gasteiger charge is 2.09. The van der Waals surface area contributed by atoms with Gasteiger partial charge in [0.05, 0.1) is 0 Å². The predicted octanol–water partition coefficient (Wildman–Crippen LogP) is 1.61. The number of rotatable bonds is 6. The first-order valence-electron chi connectivity index (χ1n) is 8.06. The lowest BCUT2D eigenvalue weighted by Crippen LogP contribution is -2.28. The minimum atomic E-state index is -0.230. The number of tetrazole rings is 1. The summed E-state index contributed by atoms with van der Waals surface area (Å²) in [6.45, 7) is 1.76. The first kappa shape index (κ1) is 17.3. The van der Waals surface area contributed by atoms with E-state index < -0.39 is 0 Å². The Morgan fingerprint density at radius 2 is 1.88 bits per heavy atom. The van der Waals surface area contributed by atoms with Crippen LogP contribution in [0.25, 0.3) is 11.4 Å². The van der Waals surface area contributed by atoms with Gasteiger partial charge in [-0.3, -0.25) is 9.59 Å². The van der Waals surface area contributed by atoms with E-state index in [1.165, 1.54) is 11.7 Å². The van der Waals surface area contributed by atoms with Crippen LogP contribution in [0.4, 0.5) is 5.69 Å². The third-order valence-electron chi connectivity index (χ3n) is 3.51. The van der Waals surface area contributed by atoms with Crippen molar-refractivity contribution in [2.75, 3.05) is 5.32 Å². The Hall–Kier alpha value is -3.55. The lowest BCUT2D eigenvalue weighted by molar-refractivity contribution is -0.122. The summed E-state index contributed by atoms with van der Waals surface area (Å²) in [4.78, 5) is 24.4. The summed E-state index contributed by atoms with van der Waals surface area (Å²) in [5, 5.41) is 17.6. The average Bonchev–Trinajstić information content (AvgIpc) is 3.09. The van der Waals surface area contributed by atoms with E-state index in [0.717, 1.165) is 11.1 Å². The fourth-order valence-electron chi connectivity index (χ4n) is 2.36. The van der Waals surface area contributed by atoms with Crippen molar-refractivity contribution in [1.82, 2.24) is 25.5 Å². The number of hydrogen-bond donors (Lipinski definition) is 2. The Balaban J connectivity index is 1.55. The van der Waals surface area contributed by atoms with Gasteiger partial charge < -0.3 is 10.6 Å². The lowest BCUT2D eigenvalue weighted by atomic mass is 10.2. The molecule has 1 aromatic heterocycles. The monoisotopic (exact) mass is 350 g/mol. The molecule has 0 bridgehead atoms. The SMILES string of the molecule is CC(=O)Nc1cccc(CNC(=O)Cn2nnc(-c3ccccc3)n2)c1. The number of aromatic nitrogens is 4. The van der Waals surface area contributed by atoms with Gasteiger partial charge in [-0.05, 0) is 22.9 Å². The standard InChI is InChI=1S/C18H18N6O2/c1-13(25)20-16-9-5-6-14(10-16)11-19-17(26)12-24-22-18(21-23-24)15-7-3-2-4-8-15/h2-10H,11-12H2,1H3,(H,19,26)(H,20,25). The van der Waals surface area contributed by atoms with Gasteiger partial charge in [0, 0.05) is 24.7 Å². The van der Waals surface area contributed by atoms with Crippen molar-refractivity contribution in [1.29, 1.82) is 0 Å². The maximum absolute atomic E-state index is 12.1. The number of amides is 2. The summed E-state index contributed by atoms with van der Waals surface area (Å²) >= 11 is 0. The fourth-order valence-corrected chi connectivity index (χ4v) is 2.36. The van der Waals surface area contributed by atoms with Crippen LogP contribution in [-0.2, 0) is 22.7 Å². The summed E-state index contributed by atoms with van der Waals surface area (Å²) in [6.07, 6.45) is 0. The van der Waals surface area contributed by atoms with Crippen LogP contribution in [0.15, 0.2) is 54.6 Å². The highest BCUT2D eigenvalue weighted by atomic mass is 16.2. The molecule has 0 aliphatic carbocycles. The zero-order chi connectivity index (χ0) is 18.4. The normalized spacial score (nSPS) is 10.3. The molecule has 0 saturated carbocycles. The third-order valence-corrected chi connectivity index (χ3v) is 3.51. The summed E-state index contributed by atoms with van der Waals surface area (Å²) in [5.74, 6) is 0.103. The molecule has 0 atom stereocenters. The van der Waals surface area contributed by atoms with Crippen LogP contribution in [0.5, 0.6) is 0 Å². The first-order chi connectivity index (χ1) is 12.6. The molecule has 8 nitrogen and oxygen atoms in total. The summed E-state index contributed by atoms with van der Waals surface area (Å²) in [7, 11) is 0. The van der Waals surface area contributed by atoms with Crippen LogP contribution < -0.4 is 10.6 Å². The second-order valence-corrected chi connectivity index (χ2v) is 5.67. The van der Waals surface area contributed by atoms with Crippen molar-refractivity contribution in [2.24, 2.45) is 0 Å². The average molecular weight is 350 g/mol. The molecule has 1 heterocycles. The van der Waals surface area contributed by atoms with Crippen LogP contribution in [0.1, 0.15) is 12.5 Å². The Morgan fingerprint density at radius 1 is 1.08 bits per heavy atom. The lowest BCUT2D eigenvalue weighted by Gasteiger charge is -2.07. The van der Waals surface area contributed by atoms with E-state index in [4.69, 9.17) is 0 Å². The van der Waals surface area contributed by atoms with E-state index in [2.05, 4.69) is 26.0 Å². The highest BCUT2D eigenvalue weighted by Crippen LogP contribution is 2.12. The summed E-state index contributed by atoms with van der Waals surface area (Å²) < 4.78 is 0. The van der Waals surface area contributed by atoms with Gasteiger partial charge in [0.1, 0.15) is 6.54 Å². The molecule has 3 aromatic rings. The molecule has 26 heavy (non-hydrogen) atoms. The topological polar surface area (TPSA) is 102 Å². The number of carbonyl (C=O) groups excluding carboxylic acids is 2. The van der Waals surface area contributed by atoms with E-state index in [9.17, 15) is 9.59 Å². The van der Waals surface area contributed by atoms with E-state index >= 15 is 0 Å². The number of nitrogens with zero attached hydrogens (tertiary/aromatic N) is 4. The second kappa shape index (κ2) is 8.02. The molecule has 2 aromatic carbocycles. The maximum atomic E-state index is 12.1. The van der Waals surface area contributed by atoms with Gasteiger partial charge in [-0.25, -0.2) is 0 Å². The molecule has 0 unspecified atom stereocenters. The van der Waals surface area contributed by atoms with Gasteiger partial charge in [-0.15, -0.1) is 10.2 Å². The van der Waals surface area contributed by atoms with Crippen molar-refractivity contribution in [2.45, 2.75) is 20.0 Å². The van der Waals surface area contributed by atoms with Crippen molar-refractivity contribution < 1.29 is 9.59 Å². The minimum absolute atomic E-state index is 0.0226. The molecule has 2 amide bonds. The van der Waals surface area contributed by atoms with Gasteiger partial charge in [0.25, 0.3) is 0 Å². The van der Waals surface area contributed by atoms with Crippen molar-refractivity contribution in [3.8, 4) is 11.4 Å². The molecule has 8 heteroatoms. The van der Waals surface area contributed by atoms with Gasteiger partial charge in [0.2, 0.25) is 17.6 Å². The molecule has 3 rings (SSSR count). The molecule has 0 radical (unpaired) electrons. The van der Waals surface area contributed by atoms with Gasteiger partial charge in [0.15, 0.2) is 0 Å².